The number of morpholine rings is 1. The van der Waals surface area contributed by atoms with Gasteiger partial charge in [0.15, 0.2) is 0 Å². The van der Waals surface area contributed by atoms with E-state index in [9.17, 15) is 0 Å². The van der Waals surface area contributed by atoms with E-state index >= 15 is 0 Å². The maximum absolute atomic E-state index is 5.59. The van der Waals surface area contributed by atoms with Crippen molar-refractivity contribution in [1.82, 2.24) is 10.2 Å². The van der Waals surface area contributed by atoms with Gasteiger partial charge in [0.05, 0.1) is 12.7 Å². The van der Waals surface area contributed by atoms with Gasteiger partial charge < -0.3 is 15.0 Å². The van der Waals surface area contributed by atoms with Gasteiger partial charge in [-0.1, -0.05) is 6.92 Å². The van der Waals surface area contributed by atoms with E-state index in [4.69, 9.17) is 4.74 Å². The standard InChI is InChI=1S/C9H20N2O/c1-3-4-10-7-9-8-11(2)5-6-12-9/h9-10H,3-8H2,1-2H3. The SMILES string of the molecule is CCCNCC1CN(C)CCO1. The Labute approximate surface area is 75.1 Å². The smallest absolute Gasteiger partial charge is 0.0826 e. The minimum atomic E-state index is 0.398. The zero-order chi connectivity index (χ0) is 8.81. The average Bonchev–Trinajstić information content (AvgIpc) is 2.05. The topological polar surface area (TPSA) is 24.5 Å². The molecule has 0 spiro atoms. The third kappa shape index (κ3) is 3.52. The molecule has 0 aromatic heterocycles. The van der Waals surface area contributed by atoms with E-state index in [1.165, 1.54) is 6.42 Å². The number of likely N-dealkylation sites (N-methyl/N-ethyl adjacent to an activating group) is 1. The summed E-state index contributed by atoms with van der Waals surface area (Å²) in [5.41, 5.74) is 0. The molecule has 1 fully saturated rings. The molecule has 1 heterocycles. The minimum absolute atomic E-state index is 0.398. The first-order chi connectivity index (χ1) is 5.83. The molecular weight excluding hydrogens is 152 g/mol. The molecule has 72 valence electrons. The number of ether oxygens (including phenoxy) is 1. The van der Waals surface area contributed by atoms with Gasteiger partial charge in [0, 0.05) is 19.6 Å². The van der Waals surface area contributed by atoms with Crippen LogP contribution in [0.5, 0.6) is 0 Å². The van der Waals surface area contributed by atoms with Crippen molar-refractivity contribution in [2.75, 3.05) is 39.8 Å². The number of hydrogen-bond acceptors (Lipinski definition) is 3. The van der Waals surface area contributed by atoms with Crippen LogP contribution in [0.2, 0.25) is 0 Å². The Morgan fingerprint density at radius 3 is 3.08 bits per heavy atom. The summed E-state index contributed by atoms with van der Waals surface area (Å²) in [4.78, 5) is 2.32. The summed E-state index contributed by atoms with van der Waals surface area (Å²) in [5, 5.41) is 3.37. The van der Waals surface area contributed by atoms with Gasteiger partial charge in [0.1, 0.15) is 0 Å². The number of rotatable bonds is 4. The molecule has 3 heteroatoms. The van der Waals surface area contributed by atoms with Gasteiger partial charge in [0.25, 0.3) is 0 Å². The molecule has 0 amide bonds. The van der Waals surface area contributed by atoms with Crippen molar-refractivity contribution in [3.63, 3.8) is 0 Å². The lowest BCUT2D eigenvalue weighted by molar-refractivity contribution is -0.0179. The lowest BCUT2D eigenvalue weighted by atomic mass is 10.3. The van der Waals surface area contributed by atoms with Crippen molar-refractivity contribution in [3.8, 4) is 0 Å². The zero-order valence-corrected chi connectivity index (χ0v) is 8.18. The predicted molar refractivity (Wildman–Crippen MR) is 50.4 cm³/mol. The maximum atomic E-state index is 5.59. The molecule has 1 atom stereocenters. The van der Waals surface area contributed by atoms with E-state index in [0.29, 0.717) is 6.10 Å². The van der Waals surface area contributed by atoms with Crippen LogP contribution in [-0.4, -0.2) is 50.8 Å². The van der Waals surface area contributed by atoms with Crippen LogP contribution < -0.4 is 5.32 Å². The Morgan fingerprint density at radius 1 is 1.58 bits per heavy atom. The Morgan fingerprint density at radius 2 is 2.42 bits per heavy atom. The fourth-order valence-electron chi connectivity index (χ4n) is 1.43. The van der Waals surface area contributed by atoms with Crippen LogP contribution in [0.15, 0.2) is 0 Å². The molecule has 0 bridgehead atoms. The monoisotopic (exact) mass is 172 g/mol. The number of nitrogens with one attached hydrogen (secondary N) is 1. The average molecular weight is 172 g/mol. The molecule has 0 aromatic carbocycles. The Kier molecular flexibility index (Phi) is 4.58. The lowest BCUT2D eigenvalue weighted by Crippen LogP contribution is -2.44. The molecule has 1 aliphatic rings. The summed E-state index contributed by atoms with van der Waals surface area (Å²) in [6.45, 7) is 7.30. The van der Waals surface area contributed by atoms with Gasteiger partial charge in [-0.2, -0.15) is 0 Å². The molecular formula is C9H20N2O. The number of hydrogen-bond donors (Lipinski definition) is 1. The Balaban J connectivity index is 2.06. The molecule has 3 nitrogen and oxygen atoms in total. The van der Waals surface area contributed by atoms with Crippen molar-refractivity contribution in [1.29, 1.82) is 0 Å². The zero-order valence-electron chi connectivity index (χ0n) is 8.18. The van der Waals surface area contributed by atoms with Crippen LogP contribution in [-0.2, 0) is 4.74 Å². The molecule has 12 heavy (non-hydrogen) atoms. The van der Waals surface area contributed by atoms with E-state index in [2.05, 4.69) is 24.2 Å². The normalized spacial score (nSPS) is 26.0. The van der Waals surface area contributed by atoms with Crippen LogP contribution in [0.25, 0.3) is 0 Å². The molecule has 0 aliphatic carbocycles. The van der Waals surface area contributed by atoms with Gasteiger partial charge in [0.2, 0.25) is 0 Å². The first kappa shape index (κ1) is 9.96. The second-order valence-corrected chi connectivity index (χ2v) is 3.46. The van der Waals surface area contributed by atoms with E-state index < -0.39 is 0 Å². The van der Waals surface area contributed by atoms with Crippen molar-refractivity contribution < 1.29 is 4.74 Å². The molecule has 1 unspecified atom stereocenters. The molecule has 0 aromatic rings. The second-order valence-electron chi connectivity index (χ2n) is 3.46. The Hall–Kier alpha value is -0.120. The van der Waals surface area contributed by atoms with E-state index in [1.807, 2.05) is 0 Å². The molecule has 0 radical (unpaired) electrons. The Bertz CT molecular complexity index is 119. The van der Waals surface area contributed by atoms with Gasteiger partial charge in [-0.25, -0.2) is 0 Å². The summed E-state index contributed by atoms with van der Waals surface area (Å²) in [5.74, 6) is 0. The second kappa shape index (κ2) is 5.51. The van der Waals surface area contributed by atoms with E-state index in [0.717, 1.165) is 32.8 Å². The largest absolute Gasteiger partial charge is 0.374 e. The van der Waals surface area contributed by atoms with Crippen LogP contribution in [0.3, 0.4) is 0 Å². The van der Waals surface area contributed by atoms with Crippen LogP contribution in [0.4, 0.5) is 0 Å². The van der Waals surface area contributed by atoms with Gasteiger partial charge in [-0.3, -0.25) is 0 Å². The van der Waals surface area contributed by atoms with Crippen LogP contribution in [0, 0.1) is 0 Å². The molecule has 1 rings (SSSR count). The highest BCUT2D eigenvalue weighted by atomic mass is 16.5. The summed E-state index contributed by atoms with van der Waals surface area (Å²) < 4.78 is 5.59. The van der Waals surface area contributed by atoms with Crippen molar-refractivity contribution in [2.45, 2.75) is 19.4 Å². The summed E-state index contributed by atoms with van der Waals surface area (Å²) in [7, 11) is 2.15. The van der Waals surface area contributed by atoms with Gasteiger partial charge in [-0.05, 0) is 20.0 Å². The first-order valence-electron chi connectivity index (χ1n) is 4.83. The summed E-state index contributed by atoms with van der Waals surface area (Å²) >= 11 is 0. The quantitative estimate of drug-likeness (QED) is 0.618. The van der Waals surface area contributed by atoms with Crippen molar-refractivity contribution in [3.05, 3.63) is 0 Å². The highest BCUT2D eigenvalue weighted by Gasteiger charge is 2.16. The van der Waals surface area contributed by atoms with Gasteiger partial charge in [-0.15, -0.1) is 0 Å². The highest BCUT2D eigenvalue weighted by Crippen LogP contribution is 2.01. The molecule has 1 aliphatic heterocycles. The summed E-state index contributed by atoms with van der Waals surface area (Å²) in [6.07, 6.45) is 1.60. The number of nitrogens with zero attached hydrogens (tertiary/aromatic N) is 1. The van der Waals surface area contributed by atoms with Crippen molar-refractivity contribution in [2.24, 2.45) is 0 Å². The van der Waals surface area contributed by atoms with E-state index in [1.54, 1.807) is 0 Å². The maximum Gasteiger partial charge on any atom is 0.0826 e. The lowest BCUT2D eigenvalue weighted by Gasteiger charge is -2.30. The molecule has 0 saturated carbocycles. The van der Waals surface area contributed by atoms with Gasteiger partial charge >= 0.3 is 0 Å². The first-order valence-corrected chi connectivity index (χ1v) is 4.83. The third-order valence-electron chi connectivity index (χ3n) is 2.14. The van der Waals surface area contributed by atoms with Crippen LogP contribution >= 0.6 is 0 Å². The van der Waals surface area contributed by atoms with E-state index in [-0.39, 0.29) is 0 Å². The fourth-order valence-corrected chi connectivity index (χ4v) is 1.43. The highest BCUT2D eigenvalue weighted by molar-refractivity contribution is 4.70. The summed E-state index contributed by atoms with van der Waals surface area (Å²) in [6, 6.07) is 0. The molecule has 1 N–H and O–H groups in total. The minimum Gasteiger partial charge on any atom is -0.374 e. The van der Waals surface area contributed by atoms with Crippen molar-refractivity contribution >= 4 is 0 Å². The third-order valence-corrected chi connectivity index (χ3v) is 2.14. The molecule has 1 saturated heterocycles. The predicted octanol–water partition coefficient (Wildman–Crippen LogP) is 0.317. The van der Waals surface area contributed by atoms with Crippen LogP contribution in [0.1, 0.15) is 13.3 Å². The fraction of sp³-hybridized carbons (Fsp3) is 1.00.